The monoisotopic (exact) mass is 400 g/mol. The van der Waals surface area contributed by atoms with Crippen molar-refractivity contribution in [1.82, 2.24) is 9.80 Å². The van der Waals surface area contributed by atoms with Crippen LogP contribution in [-0.4, -0.2) is 60.2 Å². The Balaban J connectivity index is 1.43. The van der Waals surface area contributed by atoms with Gasteiger partial charge < -0.3 is 15.5 Å². The summed E-state index contributed by atoms with van der Waals surface area (Å²) in [5, 5.41) is 5.60. The highest BCUT2D eigenvalue weighted by Crippen LogP contribution is 2.22. The van der Waals surface area contributed by atoms with Crippen molar-refractivity contribution in [2.24, 2.45) is 5.92 Å². The number of likely N-dealkylation sites (tertiary alicyclic amines) is 2. The molecule has 0 aromatic heterocycles. The molecule has 158 valence electrons. The third-order valence-corrected chi connectivity index (χ3v) is 5.69. The van der Waals surface area contributed by atoms with Crippen LogP contribution in [0.3, 0.4) is 0 Å². The molecule has 29 heavy (non-hydrogen) atoms. The molecule has 2 aliphatic heterocycles. The van der Waals surface area contributed by atoms with Crippen LogP contribution in [0.4, 0.5) is 11.4 Å². The Kier molecular flexibility index (Phi) is 7.63. The van der Waals surface area contributed by atoms with Gasteiger partial charge in [0.1, 0.15) is 0 Å². The van der Waals surface area contributed by atoms with Crippen LogP contribution in [-0.2, 0) is 14.4 Å². The van der Waals surface area contributed by atoms with Crippen LogP contribution >= 0.6 is 0 Å². The van der Waals surface area contributed by atoms with Gasteiger partial charge in [-0.25, -0.2) is 0 Å². The molecule has 2 heterocycles. The van der Waals surface area contributed by atoms with E-state index in [2.05, 4.69) is 20.4 Å². The second-order valence-corrected chi connectivity index (χ2v) is 8.10. The topological polar surface area (TPSA) is 81.8 Å². The molecule has 2 saturated heterocycles. The molecule has 0 unspecified atom stereocenters. The van der Waals surface area contributed by atoms with Gasteiger partial charge in [0, 0.05) is 37.3 Å². The average molecular weight is 401 g/mol. The van der Waals surface area contributed by atoms with Crippen molar-refractivity contribution in [2.75, 3.05) is 43.4 Å². The maximum Gasteiger partial charge on any atom is 0.238 e. The van der Waals surface area contributed by atoms with Crippen molar-refractivity contribution in [3.63, 3.8) is 0 Å². The second-order valence-electron chi connectivity index (χ2n) is 8.10. The summed E-state index contributed by atoms with van der Waals surface area (Å²) < 4.78 is 0. The molecular formula is C22H32N4O3. The zero-order valence-corrected chi connectivity index (χ0v) is 17.3. The van der Waals surface area contributed by atoms with Gasteiger partial charge in [0.25, 0.3) is 0 Å². The van der Waals surface area contributed by atoms with E-state index in [1.807, 2.05) is 0 Å². The molecule has 0 atom stereocenters. The van der Waals surface area contributed by atoms with Crippen molar-refractivity contribution < 1.29 is 14.4 Å². The first kappa shape index (κ1) is 21.3. The molecular weight excluding hydrogens is 368 g/mol. The molecule has 1 aromatic rings. The van der Waals surface area contributed by atoms with E-state index in [-0.39, 0.29) is 17.7 Å². The van der Waals surface area contributed by atoms with Crippen LogP contribution in [0.2, 0.25) is 0 Å². The number of anilines is 2. The maximum absolute atomic E-state index is 12.8. The zero-order chi connectivity index (χ0) is 20.6. The Bertz CT molecular complexity index is 721. The molecule has 2 N–H and O–H groups in total. The summed E-state index contributed by atoms with van der Waals surface area (Å²) in [5.74, 6) is 0.181. The predicted octanol–water partition coefficient (Wildman–Crippen LogP) is 2.70. The van der Waals surface area contributed by atoms with Crippen LogP contribution < -0.4 is 10.6 Å². The summed E-state index contributed by atoms with van der Waals surface area (Å²) in [7, 11) is 0. The van der Waals surface area contributed by atoms with Crippen molar-refractivity contribution in [3.8, 4) is 0 Å². The first-order chi connectivity index (χ1) is 14.0. The number of rotatable bonds is 5. The SMILES string of the molecule is CC(=O)Nc1cccc(NC(=O)CN2CCC(C(=O)N3CCCCCC3)CC2)c1. The summed E-state index contributed by atoms with van der Waals surface area (Å²) in [6.45, 7) is 5.10. The summed E-state index contributed by atoms with van der Waals surface area (Å²) in [5.41, 5.74) is 1.32. The third kappa shape index (κ3) is 6.56. The lowest BCUT2D eigenvalue weighted by Crippen LogP contribution is -2.44. The highest BCUT2D eigenvalue weighted by molar-refractivity contribution is 5.94. The van der Waals surface area contributed by atoms with Crippen molar-refractivity contribution in [3.05, 3.63) is 24.3 Å². The molecule has 7 nitrogen and oxygen atoms in total. The molecule has 0 spiro atoms. The van der Waals surface area contributed by atoms with Gasteiger partial charge in [-0.15, -0.1) is 0 Å². The van der Waals surface area contributed by atoms with Gasteiger partial charge in [-0.05, 0) is 57.0 Å². The Labute approximate surface area is 172 Å². The Morgan fingerprint density at radius 2 is 1.55 bits per heavy atom. The van der Waals surface area contributed by atoms with Gasteiger partial charge in [-0.3, -0.25) is 19.3 Å². The molecule has 2 fully saturated rings. The number of nitrogens with one attached hydrogen (secondary N) is 2. The normalized spacial score (nSPS) is 18.7. The summed E-state index contributed by atoms with van der Waals surface area (Å²) in [4.78, 5) is 40.5. The quantitative estimate of drug-likeness (QED) is 0.796. The molecule has 0 saturated carbocycles. The first-order valence-electron chi connectivity index (χ1n) is 10.7. The molecule has 3 amide bonds. The number of carbonyl (C=O) groups excluding carboxylic acids is 3. The predicted molar refractivity (Wildman–Crippen MR) is 114 cm³/mol. The van der Waals surface area contributed by atoms with E-state index in [0.29, 0.717) is 23.8 Å². The average Bonchev–Trinajstić information content (AvgIpc) is 2.97. The fourth-order valence-corrected chi connectivity index (χ4v) is 4.17. The fourth-order valence-electron chi connectivity index (χ4n) is 4.17. The van der Waals surface area contributed by atoms with Gasteiger partial charge in [0.2, 0.25) is 17.7 Å². The minimum Gasteiger partial charge on any atom is -0.342 e. The first-order valence-corrected chi connectivity index (χ1v) is 10.7. The molecule has 3 rings (SSSR count). The number of benzene rings is 1. The lowest BCUT2D eigenvalue weighted by molar-refractivity contribution is -0.137. The minimum absolute atomic E-state index is 0.0812. The Morgan fingerprint density at radius 1 is 0.931 bits per heavy atom. The van der Waals surface area contributed by atoms with Gasteiger partial charge >= 0.3 is 0 Å². The number of hydrogen-bond donors (Lipinski definition) is 2. The maximum atomic E-state index is 12.8. The third-order valence-electron chi connectivity index (χ3n) is 5.69. The highest BCUT2D eigenvalue weighted by atomic mass is 16.2. The van der Waals surface area contributed by atoms with Crippen LogP contribution in [0.1, 0.15) is 45.4 Å². The van der Waals surface area contributed by atoms with Crippen molar-refractivity contribution in [1.29, 1.82) is 0 Å². The number of piperidine rings is 1. The van der Waals surface area contributed by atoms with E-state index in [9.17, 15) is 14.4 Å². The number of carbonyl (C=O) groups is 3. The largest absolute Gasteiger partial charge is 0.342 e. The van der Waals surface area contributed by atoms with E-state index in [1.165, 1.54) is 19.8 Å². The van der Waals surface area contributed by atoms with Gasteiger partial charge in [0.05, 0.1) is 6.54 Å². The molecule has 0 bridgehead atoms. The Morgan fingerprint density at radius 3 is 2.17 bits per heavy atom. The molecule has 1 aromatic carbocycles. The minimum atomic E-state index is -0.147. The standard InChI is InChI=1S/C22H32N4O3/c1-17(27)23-19-7-6-8-20(15-19)24-21(28)16-25-13-9-18(10-14-25)22(29)26-11-4-2-3-5-12-26/h6-8,15,18H,2-5,9-14,16H2,1H3,(H,23,27)(H,24,28). The number of nitrogens with zero attached hydrogens (tertiary/aromatic N) is 2. The van der Waals surface area contributed by atoms with E-state index < -0.39 is 0 Å². The molecule has 0 aliphatic carbocycles. The van der Waals surface area contributed by atoms with Crippen LogP contribution in [0.5, 0.6) is 0 Å². The molecule has 7 heteroatoms. The lowest BCUT2D eigenvalue weighted by atomic mass is 9.95. The second kappa shape index (κ2) is 10.4. The fraction of sp³-hybridized carbons (Fsp3) is 0.591. The van der Waals surface area contributed by atoms with Crippen LogP contribution in [0, 0.1) is 5.92 Å². The highest BCUT2D eigenvalue weighted by Gasteiger charge is 2.29. The van der Waals surface area contributed by atoms with Crippen LogP contribution in [0.25, 0.3) is 0 Å². The van der Waals surface area contributed by atoms with Gasteiger partial charge in [0.15, 0.2) is 0 Å². The summed E-state index contributed by atoms with van der Waals surface area (Å²) in [6, 6.07) is 7.12. The lowest BCUT2D eigenvalue weighted by Gasteiger charge is -2.33. The number of hydrogen-bond acceptors (Lipinski definition) is 4. The smallest absolute Gasteiger partial charge is 0.238 e. The molecule has 0 radical (unpaired) electrons. The summed E-state index contributed by atoms with van der Waals surface area (Å²) >= 11 is 0. The Hall–Kier alpha value is -2.41. The van der Waals surface area contributed by atoms with Crippen molar-refractivity contribution >= 4 is 29.1 Å². The van der Waals surface area contributed by atoms with E-state index in [1.54, 1.807) is 24.3 Å². The van der Waals surface area contributed by atoms with E-state index in [0.717, 1.165) is 51.9 Å². The molecule has 2 aliphatic rings. The van der Waals surface area contributed by atoms with Gasteiger partial charge in [-0.1, -0.05) is 18.9 Å². The summed E-state index contributed by atoms with van der Waals surface area (Å²) in [6.07, 6.45) is 6.33. The van der Waals surface area contributed by atoms with Crippen molar-refractivity contribution in [2.45, 2.75) is 45.4 Å². The number of amides is 3. The van der Waals surface area contributed by atoms with Crippen LogP contribution in [0.15, 0.2) is 24.3 Å². The van der Waals surface area contributed by atoms with E-state index >= 15 is 0 Å². The van der Waals surface area contributed by atoms with Gasteiger partial charge in [-0.2, -0.15) is 0 Å². The van der Waals surface area contributed by atoms with E-state index in [4.69, 9.17) is 0 Å². The zero-order valence-electron chi connectivity index (χ0n) is 17.3.